The molecule has 3 heterocycles. The fourth-order valence-electron chi connectivity index (χ4n) is 4.29. The summed E-state index contributed by atoms with van der Waals surface area (Å²) < 4.78 is 33.7. The van der Waals surface area contributed by atoms with Gasteiger partial charge in [0.15, 0.2) is 0 Å². The van der Waals surface area contributed by atoms with Gasteiger partial charge in [0.25, 0.3) is 0 Å². The highest BCUT2D eigenvalue weighted by Gasteiger charge is 2.41. The van der Waals surface area contributed by atoms with Gasteiger partial charge >= 0.3 is 0 Å². The van der Waals surface area contributed by atoms with E-state index in [1.807, 2.05) is 6.07 Å². The molecule has 1 aromatic heterocycles. The topological polar surface area (TPSA) is 99.4 Å². The third kappa shape index (κ3) is 3.78. The molecule has 0 unspecified atom stereocenters. The van der Waals surface area contributed by atoms with Gasteiger partial charge in [-0.2, -0.15) is 9.57 Å². The Hall–Kier alpha value is -2.54. The Bertz CT molecular complexity index is 1080. The van der Waals surface area contributed by atoms with Crippen molar-refractivity contribution in [3.63, 3.8) is 0 Å². The summed E-state index contributed by atoms with van der Waals surface area (Å²) in [6.07, 6.45) is 6.60. The molecule has 2 atom stereocenters. The zero-order valence-corrected chi connectivity index (χ0v) is 17.3. The lowest BCUT2D eigenvalue weighted by Crippen LogP contribution is -2.51. The second kappa shape index (κ2) is 7.61. The molecular weight excluding hydrogens is 402 g/mol. The number of piperazine rings is 1. The Balaban J connectivity index is 1.24. The maximum Gasteiger partial charge on any atom is 0.243 e. The Morgan fingerprint density at radius 1 is 1.13 bits per heavy atom. The zero-order chi connectivity index (χ0) is 20.7. The minimum absolute atomic E-state index is 0.0272. The molecule has 0 bridgehead atoms. The van der Waals surface area contributed by atoms with E-state index in [1.54, 1.807) is 30.6 Å². The van der Waals surface area contributed by atoms with Gasteiger partial charge in [-0.05, 0) is 31.0 Å². The summed E-state index contributed by atoms with van der Waals surface area (Å²) in [6.45, 7) is 2.27. The van der Waals surface area contributed by atoms with E-state index in [1.165, 1.54) is 23.2 Å². The van der Waals surface area contributed by atoms with E-state index < -0.39 is 10.0 Å². The molecule has 3 fully saturated rings. The highest BCUT2D eigenvalue weighted by Crippen LogP contribution is 2.38. The molecule has 9 heteroatoms. The van der Waals surface area contributed by atoms with Crippen LogP contribution in [0.15, 0.2) is 41.6 Å². The van der Waals surface area contributed by atoms with Crippen LogP contribution in [0.3, 0.4) is 0 Å². The van der Waals surface area contributed by atoms with Crippen molar-refractivity contribution in [1.29, 1.82) is 5.26 Å². The maximum absolute atomic E-state index is 13.1. The van der Waals surface area contributed by atoms with Crippen LogP contribution in [0.2, 0.25) is 0 Å². The molecule has 2 aromatic rings. The van der Waals surface area contributed by atoms with Crippen LogP contribution < -0.4 is 4.74 Å². The monoisotopic (exact) mass is 425 g/mol. The van der Waals surface area contributed by atoms with Crippen molar-refractivity contribution in [1.82, 2.24) is 19.2 Å². The standard InChI is InChI=1S/C21H23N5O3S/c22-10-15-2-1-3-19(8-15)30(27,28)26-7-6-25-14-18(9-17(25)13-26)29-21-12-23-20(11-24-21)16-4-5-16/h1-3,8,11-12,16-18H,4-7,9,13-14H2/t17-,18+/m0/s1. The fraction of sp³-hybridized carbons (Fsp3) is 0.476. The molecule has 0 amide bonds. The summed E-state index contributed by atoms with van der Waals surface area (Å²) >= 11 is 0. The third-order valence-corrected chi connectivity index (χ3v) is 7.93. The first-order chi connectivity index (χ1) is 14.5. The van der Waals surface area contributed by atoms with Crippen LogP contribution in [-0.2, 0) is 10.0 Å². The van der Waals surface area contributed by atoms with E-state index in [2.05, 4.69) is 14.9 Å². The lowest BCUT2D eigenvalue weighted by Gasteiger charge is -2.36. The molecule has 0 radical (unpaired) electrons. The Kier molecular flexibility index (Phi) is 4.93. The largest absolute Gasteiger partial charge is 0.472 e. The third-order valence-electron chi connectivity index (χ3n) is 6.07. The number of aromatic nitrogens is 2. The van der Waals surface area contributed by atoms with Crippen LogP contribution in [0.5, 0.6) is 5.88 Å². The van der Waals surface area contributed by atoms with Crippen molar-refractivity contribution < 1.29 is 13.2 Å². The molecule has 0 spiro atoms. The quantitative estimate of drug-likeness (QED) is 0.719. The van der Waals surface area contributed by atoms with Crippen molar-refractivity contribution in [3.05, 3.63) is 47.9 Å². The molecule has 2 saturated heterocycles. The average Bonchev–Trinajstić information content (AvgIpc) is 3.53. The lowest BCUT2D eigenvalue weighted by atomic mass is 10.2. The molecule has 30 heavy (non-hydrogen) atoms. The van der Waals surface area contributed by atoms with Gasteiger partial charge in [-0.1, -0.05) is 6.07 Å². The van der Waals surface area contributed by atoms with Gasteiger partial charge < -0.3 is 4.74 Å². The summed E-state index contributed by atoms with van der Waals surface area (Å²) in [5, 5.41) is 9.07. The van der Waals surface area contributed by atoms with Gasteiger partial charge in [0, 0.05) is 44.6 Å². The highest BCUT2D eigenvalue weighted by atomic mass is 32.2. The molecule has 5 rings (SSSR count). The van der Waals surface area contributed by atoms with E-state index >= 15 is 0 Å². The minimum atomic E-state index is -3.62. The molecule has 8 nitrogen and oxygen atoms in total. The molecule has 2 aliphatic heterocycles. The Labute approximate surface area is 176 Å². The number of nitriles is 1. The highest BCUT2D eigenvalue weighted by molar-refractivity contribution is 7.89. The molecule has 1 saturated carbocycles. The molecule has 3 aliphatic rings. The van der Waals surface area contributed by atoms with Crippen molar-refractivity contribution >= 4 is 10.0 Å². The van der Waals surface area contributed by atoms with Gasteiger partial charge in [-0.25, -0.2) is 13.4 Å². The minimum Gasteiger partial charge on any atom is -0.472 e. The first kappa shape index (κ1) is 19.4. The summed E-state index contributed by atoms with van der Waals surface area (Å²) in [5.41, 5.74) is 1.38. The summed E-state index contributed by atoms with van der Waals surface area (Å²) in [4.78, 5) is 11.3. The summed E-state index contributed by atoms with van der Waals surface area (Å²) in [7, 11) is -3.62. The number of sulfonamides is 1. The number of fused-ring (bicyclic) bond motifs is 1. The number of ether oxygens (including phenoxy) is 1. The van der Waals surface area contributed by atoms with Gasteiger partial charge in [-0.3, -0.25) is 9.88 Å². The number of nitrogens with zero attached hydrogens (tertiary/aromatic N) is 5. The van der Waals surface area contributed by atoms with Crippen LogP contribution in [0.4, 0.5) is 0 Å². The van der Waals surface area contributed by atoms with Crippen molar-refractivity contribution in [2.45, 2.75) is 42.2 Å². The number of hydrogen-bond donors (Lipinski definition) is 0. The van der Waals surface area contributed by atoms with Crippen LogP contribution >= 0.6 is 0 Å². The second-order valence-electron chi connectivity index (χ2n) is 8.18. The number of benzene rings is 1. The molecule has 156 valence electrons. The van der Waals surface area contributed by atoms with Crippen LogP contribution in [0.25, 0.3) is 0 Å². The smallest absolute Gasteiger partial charge is 0.243 e. The van der Waals surface area contributed by atoms with Crippen molar-refractivity contribution in [2.75, 3.05) is 26.2 Å². The molecule has 1 aromatic carbocycles. The maximum atomic E-state index is 13.1. The molecular formula is C21H23N5O3S. The zero-order valence-electron chi connectivity index (χ0n) is 16.5. The van der Waals surface area contributed by atoms with E-state index in [4.69, 9.17) is 10.00 Å². The van der Waals surface area contributed by atoms with E-state index in [9.17, 15) is 8.42 Å². The molecule has 0 N–H and O–H groups in total. The predicted molar refractivity (Wildman–Crippen MR) is 108 cm³/mol. The fourth-order valence-corrected chi connectivity index (χ4v) is 5.81. The van der Waals surface area contributed by atoms with Gasteiger partial charge in [0.2, 0.25) is 15.9 Å². The van der Waals surface area contributed by atoms with Crippen molar-refractivity contribution in [2.24, 2.45) is 0 Å². The van der Waals surface area contributed by atoms with Crippen LogP contribution in [0, 0.1) is 11.3 Å². The predicted octanol–water partition coefficient (Wildman–Crippen LogP) is 1.75. The SMILES string of the molecule is N#Cc1cccc(S(=O)(=O)N2CCN3C[C@H](Oc4cnc(C5CC5)cn4)C[C@H]3C2)c1. The summed E-state index contributed by atoms with van der Waals surface area (Å²) in [5.74, 6) is 1.09. The summed E-state index contributed by atoms with van der Waals surface area (Å²) in [6, 6.07) is 8.31. The van der Waals surface area contributed by atoms with Crippen molar-refractivity contribution in [3.8, 4) is 11.9 Å². The van der Waals surface area contributed by atoms with E-state index in [-0.39, 0.29) is 17.0 Å². The lowest BCUT2D eigenvalue weighted by molar-refractivity contribution is 0.151. The second-order valence-corrected chi connectivity index (χ2v) is 10.1. The van der Waals surface area contributed by atoms with Gasteiger partial charge in [0.1, 0.15) is 6.10 Å². The van der Waals surface area contributed by atoms with Gasteiger partial charge in [0.05, 0.1) is 34.6 Å². The number of rotatable bonds is 5. The van der Waals surface area contributed by atoms with Crippen LogP contribution in [0.1, 0.15) is 36.4 Å². The first-order valence-electron chi connectivity index (χ1n) is 10.3. The Morgan fingerprint density at radius 3 is 2.73 bits per heavy atom. The Morgan fingerprint density at radius 2 is 2.00 bits per heavy atom. The molecule has 1 aliphatic carbocycles. The first-order valence-corrected chi connectivity index (χ1v) is 11.7. The van der Waals surface area contributed by atoms with E-state index in [0.29, 0.717) is 37.0 Å². The normalized spacial score (nSPS) is 24.9. The number of hydrogen-bond acceptors (Lipinski definition) is 7. The van der Waals surface area contributed by atoms with Crippen LogP contribution in [-0.4, -0.2) is 65.9 Å². The van der Waals surface area contributed by atoms with Gasteiger partial charge in [-0.15, -0.1) is 0 Å². The average molecular weight is 426 g/mol. The van der Waals surface area contributed by atoms with E-state index in [0.717, 1.165) is 18.7 Å².